The van der Waals surface area contributed by atoms with Gasteiger partial charge >= 0.3 is 0 Å². The minimum absolute atomic E-state index is 0.125. The lowest BCUT2D eigenvalue weighted by atomic mass is 10.1. The van der Waals surface area contributed by atoms with Crippen LogP contribution in [0.3, 0.4) is 0 Å². The summed E-state index contributed by atoms with van der Waals surface area (Å²) in [6.45, 7) is 4.02. The lowest BCUT2D eigenvalue weighted by Crippen LogP contribution is -2.25. The van der Waals surface area contributed by atoms with Gasteiger partial charge in [-0.2, -0.15) is 5.10 Å². The van der Waals surface area contributed by atoms with Crippen LogP contribution < -0.4 is 10.7 Å². The Morgan fingerprint density at radius 1 is 1.14 bits per heavy atom. The molecule has 0 heterocycles. The summed E-state index contributed by atoms with van der Waals surface area (Å²) in [6, 6.07) is 13.0. The van der Waals surface area contributed by atoms with Crippen LogP contribution in [0.25, 0.3) is 0 Å². The number of carbonyl (C=O) groups is 1. The molecule has 22 heavy (non-hydrogen) atoms. The molecule has 2 aromatic rings. The van der Waals surface area contributed by atoms with Crippen molar-refractivity contribution in [1.82, 2.24) is 5.43 Å². The number of hydrogen-bond acceptors (Lipinski definition) is 4. The van der Waals surface area contributed by atoms with Crippen molar-refractivity contribution in [3.63, 3.8) is 0 Å². The summed E-state index contributed by atoms with van der Waals surface area (Å²) in [5.74, 6) is -0.126. The highest BCUT2D eigenvalue weighted by molar-refractivity contribution is 5.86. The summed E-state index contributed by atoms with van der Waals surface area (Å²) in [6.07, 6.45) is 1.42. The second-order valence-corrected chi connectivity index (χ2v) is 5.08. The van der Waals surface area contributed by atoms with Crippen molar-refractivity contribution in [1.29, 1.82) is 0 Å². The molecule has 5 heteroatoms. The van der Waals surface area contributed by atoms with Crippen LogP contribution >= 0.6 is 0 Å². The number of hydrogen-bond donors (Lipinski definition) is 3. The van der Waals surface area contributed by atoms with E-state index in [0.29, 0.717) is 5.56 Å². The minimum atomic E-state index is -0.261. The highest BCUT2D eigenvalue weighted by Gasteiger charge is 2.00. The van der Waals surface area contributed by atoms with E-state index in [-0.39, 0.29) is 18.2 Å². The van der Waals surface area contributed by atoms with Crippen molar-refractivity contribution in [3.05, 3.63) is 59.2 Å². The molecule has 0 atom stereocenters. The van der Waals surface area contributed by atoms with Gasteiger partial charge in [0.15, 0.2) is 0 Å². The predicted octanol–water partition coefficient (Wildman–Crippen LogP) is 2.57. The van der Waals surface area contributed by atoms with Gasteiger partial charge in [-0.15, -0.1) is 0 Å². The fourth-order valence-corrected chi connectivity index (χ4v) is 1.83. The molecule has 0 fully saturated rings. The first-order valence-electron chi connectivity index (χ1n) is 6.96. The van der Waals surface area contributed by atoms with Gasteiger partial charge in [0.2, 0.25) is 0 Å². The number of nitrogens with zero attached hydrogens (tertiary/aromatic N) is 1. The van der Waals surface area contributed by atoms with E-state index in [9.17, 15) is 9.90 Å². The highest BCUT2D eigenvalue weighted by atomic mass is 16.3. The first-order chi connectivity index (χ1) is 10.5. The number of hydrazone groups is 1. The lowest BCUT2D eigenvalue weighted by molar-refractivity contribution is -0.119. The SMILES string of the molecule is Cc1ccc(NCC(=O)N/N=C/c2ccc(C)cc2O)cc1. The van der Waals surface area contributed by atoms with E-state index in [2.05, 4.69) is 15.8 Å². The molecule has 1 amide bonds. The van der Waals surface area contributed by atoms with E-state index in [4.69, 9.17) is 0 Å². The third kappa shape index (κ3) is 4.63. The van der Waals surface area contributed by atoms with Crippen molar-refractivity contribution < 1.29 is 9.90 Å². The maximum atomic E-state index is 11.7. The zero-order valence-electron chi connectivity index (χ0n) is 12.6. The van der Waals surface area contributed by atoms with Crippen LogP contribution in [0, 0.1) is 13.8 Å². The molecule has 0 saturated heterocycles. The number of nitrogens with one attached hydrogen (secondary N) is 2. The summed E-state index contributed by atoms with van der Waals surface area (Å²) in [5.41, 5.74) is 5.96. The number of amides is 1. The molecule has 3 N–H and O–H groups in total. The van der Waals surface area contributed by atoms with Crippen LogP contribution in [0.1, 0.15) is 16.7 Å². The second-order valence-electron chi connectivity index (χ2n) is 5.08. The number of rotatable bonds is 5. The average molecular weight is 297 g/mol. The number of aryl methyl sites for hydroxylation is 2. The van der Waals surface area contributed by atoms with Crippen molar-refractivity contribution in [3.8, 4) is 5.75 Å². The van der Waals surface area contributed by atoms with Gasteiger partial charge in [0.25, 0.3) is 5.91 Å². The Labute approximate surface area is 129 Å². The molecule has 2 rings (SSSR count). The highest BCUT2D eigenvalue weighted by Crippen LogP contribution is 2.16. The molecule has 0 spiro atoms. The maximum absolute atomic E-state index is 11.7. The van der Waals surface area contributed by atoms with Crippen LogP contribution in [0.5, 0.6) is 5.75 Å². The summed E-state index contributed by atoms with van der Waals surface area (Å²) in [7, 11) is 0. The predicted molar refractivity (Wildman–Crippen MR) is 88.2 cm³/mol. The Balaban J connectivity index is 1.82. The second kappa shape index (κ2) is 7.26. The van der Waals surface area contributed by atoms with E-state index in [1.807, 2.05) is 44.2 Å². The zero-order chi connectivity index (χ0) is 15.9. The fourth-order valence-electron chi connectivity index (χ4n) is 1.83. The Morgan fingerprint density at radius 2 is 1.82 bits per heavy atom. The van der Waals surface area contributed by atoms with Gasteiger partial charge in [-0.05, 0) is 43.7 Å². The Kier molecular flexibility index (Phi) is 5.14. The molecule has 114 valence electrons. The van der Waals surface area contributed by atoms with Crippen molar-refractivity contribution in [2.24, 2.45) is 5.10 Å². The molecule has 0 bridgehead atoms. The van der Waals surface area contributed by atoms with Gasteiger partial charge in [-0.25, -0.2) is 5.43 Å². The normalized spacial score (nSPS) is 10.6. The molecule has 0 aliphatic rings. The van der Waals surface area contributed by atoms with Gasteiger partial charge < -0.3 is 10.4 Å². The molecule has 0 saturated carbocycles. The molecule has 2 aromatic carbocycles. The largest absolute Gasteiger partial charge is 0.507 e. The smallest absolute Gasteiger partial charge is 0.259 e. The Hall–Kier alpha value is -2.82. The minimum Gasteiger partial charge on any atom is -0.507 e. The molecular formula is C17H19N3O2. The molecule has 0 aromatic heterocycles. The number of carbonyl (C=O) groups excluding carboxylic acids is 1. The lowest BCUT2D eigenvalue weighted by Gasteiger charge is -2.05. The molecule has 0 aliphatic heterocycles. The topological polar surface area (TPSA) is 73.7 Å². The standard InChI is InChI=1S/C17H19N3O2/c1-12-4-7-15(8-5-12)18-11-17(22)20-19-10-14-6-3-13(2)9-16(14)21/h3-10,18,21H,11H2,1-2H3,(H,20,22)/b19-10+. The van der Waals surface area contributed by atoms with Gasteiger partial charge in [0.1, 0.15) is 5.75 Å². The van der Waals surface area contributed by atoms with Gasteiger partial charge in [0, 0.05) is 11.3 Å². The van der Waals surface area contributed by atoms with Gasteiger partial charge in [-0.1, -0.05) is 23.8 Å². The van der Waals surface area contributed by atoms with Crippen LogP contribution in [0.4, 0.5) is 5.69 Å². The Morgan fingerprint density at radius 3 is 2.50 bits per heavy atom. The van der Waals surface area contributed by atoms with E-state index in [0.717, 1.165) is 16.8 Å². The van der Waals surface area contributed by atoms with Crippen LogP contribution in [-0.2, 0) is 4.79 Å². The zero-order valence-corrected chi connectivity index (χ0v) is 12.6. The third-order valence-electron chi connectivity index (χ3n) is 3.08. The van der Waals surface area contributed by atoms with E-state index in [1.165, 1.54) is 6.21 Å². The van der Waals surface area contributed by atoms with Crippen LogP contribution in [-0.4, -0.2) is 23.8 Å². The number of aromatic hydroxyl groups is 1. The maximum Gasteiger partial charge on any atom is 0.259 e. The number of phenols is 1. The van der Waals surface area contributed by atoms with E-state index in [1.54, 1.807) is 12.1 Å². The summed E-state index contributed by atoms with van der Waals surface area (Å²) < 4.78 is 0. The quantitative estimate of drug-likeness (QED) is 0.586. The van der Waals surface area contributed by atoms with Crippen LogP contribution in [0.2, 0.25) is 0 Å². The third-order valence-corrected chi connectivity index (χ3v) is 3.08. The van der Waals surface area contributed by atoms with Crippen LogP contribution in [0.15, 0.2) is 47.6 Å². The fraction of sp³-hybridized carbons (Fsp3) is 0.176. The summed E-state index contributed by atoms with van der Waals surface area (Å²) in [5, 5.41) is 16.6. The Bertz CT molecular complexity index is 679. The number of anilines is 1. The van der Waals surface area contributed by atoms with E-state index >= 15 is 0 Å². The van der Waals surface area contributed by atoms with Crippen molar-refractivity contribution >= 4 is 17.8 Å². The summed E-state index contributed by atoms with van der Waals surface area (Å²) >= 11 is 0. The number of phenolic OH excluding ortho intramolecular Hbond substituents is 1. The van der Waals surface area contributed by atoms with Crippen molar-refractivity contribution in [2.75, 3.05) is 11.9 Å². The monoisotopic (exact) mass is 297 g/mol. The van der Waals surface area contributed by atoms with E-state index < -0.39 is 0 Å². The molecular weight excluding hydrogens is 278 g/mol. The first-order valence-corrected chi connectivity index (χ1v) is 6.96. The van der Waals surface area contributed by atoms with Gasteiger partial charge in [-0.3, -0.25) is 4.79 Å². The molecule has 0 radical (unpaired) electrons. The average Bonchev–Trinajstić information content (AvgIpc) is 2.49. The molecule has 0 aliphatic carbocycles. The first kappa shape index (κ1) is 15.6. The molecule has 0 unspecified atom stereocenters. The van der Waals surface area contributed by atoms with Gasteiger partial charge in [0.05, 0.1) is 12.8 Å². The number of benzene rings is 2. The summed E-state index contributed by atoms with van der Waals surface area (Å²) in [4.78, 5) is 11.7. The molecule has 5 nitrogen and oxygen atoms in total. The van der Waals surface area contributed by atoms with Crippen molar-refractivity contribution in [2.45, 2.75) is 13.8 Å².